The van der Waals surface area contributed by atoms with E-state index in [9.17, 15) is 14.0 Å². The Hall–Kier alpha value is -3.23. The van der Waals surface area contributed by atoms with Crippen molar-refractivity contribution in [2.75, 3.05) is 0 Å². The van der Waals surface area contributed by atoms with E-state index in [2.05, 4.69) is 38.0 Å². The van der Waals surface area contributed by atoms with Crippen molar-refractivity contribution in [2.24, 2.45) is 17.3 Å². The van der Waals surface area contributed by atoms with Crippen LogP contribution in [0.3, 0.4) is 0 Å². The van der Waals surface area contributed by atoms with Crippen LogP contribution < -0.4 is 5.43 Å². The lowest BCUT2D eigenvalue weighted by atomic mass is 9.74. The summed E-state index contributed by atoms with van der Waals surface area (Å²) in [4.78, 5) is 26.6. The Bertz CT molecular complexity index is 1420. The zero-order valence-electron chi connectivity index (χ0n) is 22.3. The van der Waals surface area contributed by atoms with E-state index in [0.29, 0.717) is 5.92 Å². The third-order valence-corrected chi connectivity index (χ3v) is 8.05. The third kappa shape index (κ3) is 5.00. The molecule has 0 N–H and O–H groups in total. The van der Waals surface area contributed by atoms with Gasteiger partial charge >= 0.3 is 0 Å². The number of Topliss-reactive ketones (excluding diaryl/α,β-unsaturated/α-hetero) is 1. The standard InChI is InChI=1S/C33H36FNO2/c1-5-30(33(2,3)4)35-20-27(32(37)22-16-17-22)29(36)19-28(35)26-15-7-6-14-25(21-10-8-11-21)31(26)23-12-9-13-24(34)18-23/h6-7,9,12-13,15,18-22,30H,5,8,10-11,16-17H2,1-4H3/t30-/m0/s1. The van der Waals surface area contributed by atoms with Crippen LogP contribution in [0.1, 0.15) is 93.9 Å². The van der Waals surface area contributed by atoms with Gasteiger partial charge in [-0.3, -0.25) is 9.59 Å². The highest BCUT2D eigenvalue weighted by Crippen LogP contribution is 2.45. The van der Waals surface area contributed by atoms with Crippen molar-refractivity contribution >= 4 is 16.9 Å². The second kappa shape index (κ2) is 9.91. The van der Waals surface area contributed by atoms with Crippen molar-refractivity contribution in [3.05, 3.63) is 98.9 Å². The molecule has 0 amide bonds. The van der Waals surface area contributed by atoms with Gasteiger partial charge in [0, 0.05) is 40.9 Å². The Labute approximate surface area is 219 Å². The van der Waals surface area contributed by atoms with E-state index < -0.39 is 0 Å². The predicted octanol–water partition coefficient (Wildman–Crippen LogP) is 7.94. The maximum atomic E-state index is 14.5. The first-order valence-electron chi connectivity index (χ1n) is 13.6. The molecule has 1 atom stereocenters. The molecule has 37 heavy (non-hydrogen) atoms. The van der Waals surface area contributed by atoms with Gasteiger partial charge in [0.05, 0.1) is 11.3 Å². The van der Waals surface area contributed by atoms with E-state index in [4.69, 9.17) is 0 Å². The number of hydrogen-bond donors (Lipinski definition) is 0. The molecule has 3 aliphatic rings. The van der Waals surface area contributed by atoms with Crippen molar-refractivity contribution in [1.82, 2.24) is 4.57 Å². The molecule has 3 aliphatic carbocycles. The number of ketones is 1. The Kier molecular flexibility index (Phi) is 6.81. The summed E-state index contributed by atoms with van der Waals surface area (Å²) in [5, 5.41) is 0. The normalized spacial score (nSPS) is 18.9. The summed E-state index contributed by atoms with van der Waals surface area (Å²) in [6.07, 6.45) is 13.6. The summed E-state index contributed by atoms with van der Waals surface area (Å²) in [5.41, 5.74) is 7.84. The minimum absolute atomic E-state index is 0.0288. The second-order valence-corrected chi connectivity index (χ2v) is 11.8. The van der Waals surface area contributed by atoms with Crippen LogP contribution in [0.2, 0.25) is 0 Å². The topological polar surface area (TPSA) is 39.1 Å². The lowest BCUT2D eigenvalue weighted by Crippen LogP contribution is -2.29. The molecule has 0 unspecified atom stereocenters. The molecule has 1 heterocycles. The Morgan fingerprint density at radius 2 is 1.92 bits per heavy atom. The van der Waals surface area contributed by atoms with Crippen molar-refractivity contribution in [2.45, 2.75) is 72.3 Å². The number of halogens is 1. The van der Waals surface area contributed by atoms with E-state index in [1.807, 2.05) is 30.5 Å². The van der Waals surface area contributed by atoms with Gasteiger partial charge in [-0.05, 0) is 67.2 Å². The monoisotopic (exact) mass is 497 g/mol. The van der Waals surface area contributed by atoms with Crippen molar-refractivity contribution < 1.29 is 9.18 Å². The molecule has 5 rings (SSSR count). The van der Waals surface area contributed by atoms with Gasteiger partial charge in [-0.25, -0.2) is 4.39 Å². The molecule has 1 aromatic carbocycles. The van der Waals surface area contributed by atoms with Crippen molar-refractivity contribution in [1.29, 1.82) is 0 Å². The SMILES string of the molecule is CC[C@H](n1cc(C(=O)C2CC2)c(=O)cc1C1=C(c2cccc(F)c2)C(C2CCC2)=C=CC=C1)C(C)(C)C. The maximum absolute atomic E-state index is 14.5. The molecule has 0 aliphatic heterocycles. The van der Waals surface area contributed by atoms with E-state index >= 15 is 0 Å². The summed E-state index contributed by atoms with van der Waals surface area (Å²) in [6.45, 7) is 8.72. The van der Waals surface area contributed by atoms with Crippen LogP contribution in [0.5, 0.6) is 0 Å². The summed E-state index contributed by atoms with van der Waals surface area (Å²) < 4.78 is 16.7. The van der Waals surface area contributed by atoms with Gasteiger partial charge in [0.1, 0.15) is 5.82 Å². The summed E-state index contributed by atoms with van der Waals surface area (Å²) in [5.74, 6) is -0.0104. The molecule has 2 saturated carbocycles. The maximum Gasteiger partial charge on any atom is 0.193 e. The largest absolute Gasteiger partial charge is 0.343 e. The van der Waals surface area contributed by atoms with Gasteiger partial charge in [0.15, 0.2) is 11.2 Å². The van der Waals surface area contributed by atoms with Gasteiger partial charge in [-0.1, -0.05) is 58.4 Å². The van der Waals surface area contributed by atoms with Crippen molar-refractivity contribution in [3.63, 3.8) is 0 Å². The fraction of sp³-hybridized carbons (Fsp3) is 0.424. The first kappa shape index (κ1) is 25.4. The molecule has 0 saturated heterocycles. The molecule has 2 fully saturated rings. The van der Waals surface area contributed by atoms with Gasteiger partial charge in [-0.2, -0.15) is 0 Å². The molecule has 1 aromatic heterocycles. The van der Waals surface area contributed by atoms with Crippen LogP contribution in [-0.2, 0) is 0 Å². The van der Waals surface area contributed by atoms with Crippen LogP contribution in [0.25, 0.3) is 11.1 Å². The van der Waals surface area contributed by atoms with Gasteiger partial charge in [-0.15, -0.1) is 5.73 Å². The molecular formula is C33H36FNO2. The van der Waals surface area contributed by atoms with E-state index in [1.54, 1.807) is 18.2 Å². The number of carbonyl (C=O) groups is 1. The van der Waals surface area contributed by atoms with E-state index in [1.165, 1.54) is 12.5 Å². The second-order valence-electron chi connectivity index (χ2n) is 11.8. The number of rotatable bonds is 7. The lowest BCUT2D eigenvalue weighted by molar-refractivity contribution is 0.0964. The zero-order chi connectivity index (χ0) is 26.3. The number of benzene rings is 1. The number of carbonyl (C=O) groups excluding carboxylic acids is 1. The highest BCUT2D eigenvalue weighted by atomic mass is 19.1. The number of nitrogens with zero attached hydrogens (tertiary/aromatic N) is 1. The summed E-state index contributed by atoms with van der Waals surface area (Å²) >= 11 is 0. The molecule has 4 heteroatoms. The lowest BCUT2D eigenvalue weighted by Gasteiger charge is -2.35. The smallest absolute Gasteiger partial charge is 0.193 e. The average Bonchev–Trinajstić information content (AvgIpc) is 3.65. The van der Waals surface area contributed by atoms with E-state index in [0.717, 1.165) is 60.1 Å². The number of hydrogen-bond acceptors (Lipinski definition) is 2. The van der Waals surface area contributed by atoms with Gasteiger partial charge in [0.2, 0.25) is 0 Å². The van der Waals surface area contributed by atoms with Gasteiger partial charge in [0.25, 0.3) is 0 Å². The van der Waals surface area contributed by atoms with Crippen molar-refractivity contribution in [3.8, 4) is 0 Å². The fourth-order valence-corrected chi connectivity index (χ4v) is 5.77. The molecule has 0 radical (unpaired) electrons. The van der Waals surface area contributed by atoms with Crippen LogP contribution in [0.15, 0.2) is 70.9 Å². The molecule has 0 spiro atoms. The first-order chi connectivity index (χ1) is 17.7. The Balaban J connectivity index is 1.82. The molecule has 0 bridgehead atoms. The Morgan fingerprint density at radius 1 is 1.16 bits per heavy atom. The molecular weight excluding hydrogens is 461 g/mol. The van der Waals surface area contributed by atoms with Gasteiger partial charge < -0.3 is 4.57 Å². The predicted molar refractivity (Wildman–Crippen MR) is 148 cm³/mol. The number of aromatic nitrogens is 1. The highest BCUT2D eigenvalue weighted by molar-refractivity contribution is 6.03. The minimum atomic E-state index is -0.293. The van der Waals surface area contributed by atoms with E-state index in [-0.39, 0.29) is 40.0 Å². The summed E-state index contributed by atoms with van der Waals surface area (Å²) in [7, 11) is 0. The fourth-order valence-electron chi connectivity index (χ4n) is 5.77. The third-order valence-electron chi connectivity index (χ3n) is 8.05. The zero-order valence-corrected chi connectivity index (χ0v) is 22.3. The van der Waals surface area contributed by atoms with Crippen LogP contribution in [-0.4, -0.2) is 10.4 Å². The van der Waals surface area contributed by atoms with Crippen LogP contribution >= 0.6 is 0 Å². The average molecular weight is 498 g/mol. The molecule has 3 nitrogen and oxygen atoms in total. The number of allylic oxidation sites excluding steroid dienone is 5. The first-order valence-corrected chi connectivity index (χ1v) is 13.6. The summed E-state index contributed by atoms with van der Waals surface area (Å²) in [6, 6.07) is 8.40. The Morgan fingerprint density at radius 3 is 2.51 bits per heavy atom. The van der Waals surface area contributed by atoms with Crippen LogP contribution in [0.4, 0.5) is 4.39 Å². The minimum Gasteiger partial charge on any atom is -0.343 e. The van der Waals surface area contributed by atoms with Crippen LogP contribution in [0, 0.1) is 23.1 Å². The number of pyridine rings is 1. The highest BCUT2D eigenvalue weighted by Gasteiger charge is 2.35. The molecule has 2 aromatic rings. The quantitative estimate of drug-likeness (QED) is 0.288. The molecule has 192 valence electrons.